The Kier molecular flexibility index (Phi) is 4.80. The number of rotatable bonds is 5. The van der Waals surface area contributed by atoms with Gasteiger partial charge in [-0.1, -0.05) is 48.0 Å². The van der Waals surface area contributed by atoms with Crippen molar-refractivity contribution in [3.05, 3.63) is 77.5 Å². The molecule has 0 unspecified atom stereocenters. The molecule has 24 heavy (non-hydrogen) atoms. The van der Waals surface area contributed by atoms with Crippen LogP contribution in [0.2, 0.25) is 0 Å². The normalized spacial score (nSPS) is 11.1. The zero-order valence-electron chi connectivity index (χ0n) is 14.5. The molecule has 0 saturated carbocycles. The van der Waals surface area contributed by atoms with E-state index in [1.54, 1.807) is 0 Å². The standard InChI is InChI=1S/C21H23N3/c1-16(2)13-14-24-20-12-8-7-11-19(20)17(3)21(24)15-22-23-18-9-5-4-6-10-18/h4-13,15,23H,14H2,1-3H3/b22-15+. The number of aromatic nitrogens is 1. The number of anilines is 1. The highest BCUT2D eigenvalue weighted by Crippen LogP contribution is 2.24. The van der Waals surface area contributed by atoms with Crippen LogP contribution in [0.25, 0.3) is 10.9 Å². The van der Waals surface area contributed by atoms with E-state index >= 15 is 0 Å². The minimum atomic E-state index is 0.851. The molecule has 0 spiro atoms. The van der Waals surface area contributed by atoms with E-state index in [0.717, 1.165) is 17.9 Å². The van der Waals surface area contributed by atoms with Gasteiger partial charge in [0.1, 0.15) is 0 Å². The predicted molar refractivity (Wildman–Crippen MR) is 104 cm³/mol. The third-order valence-electron chi connectivity index (χ3n) is 4.11. The summed E-state index contributed by atoms with van der Waals surface area (Å²) in [5, 5.41) is 5.72. The van der Waals surface area contributed by atoms with Gasteiger partial charge in [-0.05, 0) is 44.5 Å². The Morgan fingerprint density at radius 2 is 1.75 bits per heavy atom. The highest BCUT2D eigenvalue weighted by atomic mass is 15.3. The summed E-state index contributed by atoms with van der Waals surface area (Å²) in [6.07, 6.45) is 4.16. The average molecular weight is 317 g/mol. The van der Waals surface area contributed by atoms with Crippen LogP contribution in [0.1, 0.15) is 25.1 Å². The van der Waals surface area contributed by atoms with Crippen molar-refractivity contribution in [1.82, 2.24) is 4.57 Å². The summed E-state index contributed by atoms with van der Waals surface area (Å²) in [6, 6.07) is 18.5. The molecule has 1 N–H and O–H groups in total. The number of fused-ring (bicyclic) bond motifs is 1. The van der Waals surface area contributed by atoms with Crippen molar-refractivity contribution in [1.29, 1.82) is 0 Å². The molecule has 1 heterocycles. The zero-order chi connectivity index (χ0) is 16.9. The lowest BCUT2D eigenvalue weighted by Crippen LogP contribution is -2.03. The van der Waals surface area contributed by atoms with Gasteiger partial charge in [0.2, 0.25) is 0 Å². The monoisotopic (exact) mass is 317 g/mol. The van der Waals surface area contributed by atoms with Gasteiger partial charge in [-0.25, -0.2) is 0 Å². The number of hydrogen-bond acceptors (Lipinski definition) is 2. The molecule has 0 aliphatic rings. The first-order valence-electron chi connectivity index (χ1n) is 8.22. The number of hydrazone groups is 1. The van der Waals surface area contributed by atoms with Gasteiger partial charge in [-0.2, -0.15) is 5.10 Å². The summed E-state index contributed by atoms with van der Waals surface area (Å²) in [7, 11) is 0. The third kappa shape index (κ3) is 3.40. The van der Waals surface area contributed by atoms with Gasteiger partial charge in [-0.15, -0.1) is 0 Å². The van der Waals surface area contributed by atoms with Crippen molar-refractivity contribution in [2.24, 2.45) is 5.10 Å². The van der Waals surface area contributed by atoms with Gasteiger partial charge in [0.25, 0.3) is 0 Å². The molecular weight excluding hydrogens is 294 g/mol. The molecule has 0 saturated heterocycles. The SMILES string of the molecule is CC(C)=CCn1c(/C=N/Nc2ccccc2)c(C)c2ccccc21. The summed E-state index contributed by atoms with van der Waals surface area (Å²) in [5.74, 6) is 0. The smallest absolute Gasteiger partial charge is 0.0712 e. The number of aryl methyl sites for hydroxylation is 1. The van der Waals surface area contributed by atoms with Gasteiger partial charge in [0, 0.05) is 17.4 Å². The Labute approximate surface area is 143 Å². The average Bonchev–Trinajstić information content (AvgIpc) is 2.86. The first kappa shape index (κ1) is 16.1. The molecule has 1 aromatic heterocycles. The van der Waals surface area contributed by atoms with Crippen molar-refractivity contribution in [3.8, 4) is 0 Å². The Bertz CT molecular complexity index is 882. The highest BCUT2D eigenvalue weighted by Gasteiger charge is 2.11. The van der Waals surface area contributed by atoms with Gasteiger partial charge >= 0.3 is 0 Å². The molecule has 2 aromatic carbocycles. The summed E-state index contributed by atoms with van der Waals surface area (Å²) < 4.78 is 2.31. The number of allylic oxidation sites excluding steroid dienone is 2. The van der Waals surface area contributed by atoms with Crippen LogP contribution < -0.4 is 5.43 Å². The minimum Gasteiger partial charge on any atom is -0.336 e. The first-order chi connectivity index (χ1) is 11.7. The van der Waals surface area contributed by atoms with E-state index in [9.17, 15) is 0 Å². The van der Waals surface area contributed by atoms with Gasteiger partial charge in [0.05, 0.1) is 17.6 Å². The minimum absolute atomic E-state index is 0.851. The van der Waals surface area contributed by atoms with Crippen LogP contribution in [-0.2, 0) is 6.54 Å². The number of nitrogens with one attached hydrogen (secondary N) is 1. The Hall–Kier alpha value is -2.81. The quantitative estimate of drug-likeness (QED) is 0.383. The molecular formula is C21H23N3. The number of benzene rings is 2. The van der Waals surface area contributed by atoms with Crippen molar-refractivity contribution < 1.29 is 0 Å². The van der Waals surface area contributed by atoms with Crippen LogP contribution in [0.5, 0.6) is 0 Å². The van der Waals surface area contributed by atoms with Crippen LogP contribution in [-0.4, -0.2) is 10.8 Å². The lowest BCUT2D eigenvalue weighted by atomic mass is 10.1. The van der Waals surface area contributed by atoms with E-state index in [-0.39, 0.29) is 0 Å². The van der Waals surface area contributed by atoms with Crippen LogP contribution in [0.3, 0.4) is 0 Å². The zero-order valence-corrected chi connectivity index (χ0v) is 14.5. The van der Waals surface area contributed by atoms with Gasteiger partial charge in [0.15, 0.2) is 0 Å². The van der Waals surface area contributed by atoms with E-state index in [0.29, 0.717) is 0 Å². The van der Waals surface area contributed by atoms with Crippen molar-refractivity contribution in [2.75, 3.05) is 5.43 Å². The molecule has 3 heteroatoms. The van der Waals surface area contributed by atoms with Crippen molar-refractivity contribution >= 4 is 22.8 Å². The molecule has 3 nitrogen and oxygen atoms in total. The Balaban J connectivity index is 1.97. The van der Waals surface area contributed by atoms with Gasteiger partial charge in [-0.3, -0.25) is 5.43 Å². The van der Waals surface area contributed by atoms with Gasteiger partial charge < -0.3 is 4.57 Å². The summed E-state index contributed by atoms with van der Waals surface area (Å²) >= 11 is 0. The molecule has 3 rings (SSSR count). The predicted octanol–water partition coefficient (Wildman–Crippen LogP) is 5.36. The number of para-hydroxylation sites is 2. The molecule has 0 aliphatic heterocycles. The number of hydrogen-bond donors (Lipinski definition) is 1. The second kappa shape index (κ2) is 7.18. The maximum Gasteiger partial charge on any atom is 0.0712 e. The summed E-state index contributed by atoms with van der Waals surface area (Å²) in [4.78, 5) is 0. The maximum atomic E-state index is 4.44. The van der Waals surface area contributed by atoms with Crippen LogP contribution in [0, 0.1) is 6.92 Å². The first-order valence-corrected chi connectivity index (χ1v) is 8.22. The molecule has 122 valence electrons. The maximum absolute atomic E-state index is 4.44. The van der Waals surface area contributed by atoms with E-state index < -0.39 is 0 Å². The fourth-order valence-corrected chi connectivity index (χ4v) is 2.81. The molecule has 0 atom stereocenters. The fraction of sp³-hybridized carbons (Fsp3) is 0.190. The summed E-state index contributed by atoms with van der Waals surface area (Å²) in [5.41, 5.74) is 9.03. The van der Waals surface area contributed by atoms with E-state index in [1.165, 1.54) is 22.0 Å². The highest BCUT2D eigenvalue weighted by molar-refractivity contribution is 5.94. The molecule has 0 fully saturated rings. The lowest BCUT2D eigenvalue weighted by Gasteiger charge is -2.06. The molecule has 0 aliphatic carbocycles. The fourth-order valence-electron chi connectivity index (χ4n) is 2.81. The van der Waals surface area contributed by atoms with Crippen LogP contribution >= 0.6 is 0 Å². The van der Waals surface area contributed by atoms with E-state index in [1.807, 2.05) is 36.5 Å². The molecule has 0 amide bonds. The van der Waals surface area contributed by atoms with Crippen LogP contribution in [0.15, 0.2) is 71.3 Å². The number of nitrogens with zero attached hydrogens (tertiary/aromatic N) is 2. The molecule has 0 radical (unpaired) electrons. The second-order valence-electron chi connectivity index (χ2n) is 6.16. The largest absolute Gasteiger partial charge is 0.336 e. The summed E-state index contributed by atoms with van der Waals surface area (Å²) in [6.45, 7) is 7.27. The van der Waals surface area contributed by atoms with E-state index in [4.69, 9.17) is 0 Å². The molecule has 0 bridgehead atoms. The van der Waals surface area contributed by atoms with Crippen molar-refractivity contribution in [3.63, 3.8) is 0 Å². The van der Waals surface area contributed by atoms with E-state index in [2.05, 4.69) is 66.2 Å². The second-order valence-corrected chi connectivity index (χ2v) is 6.16. The van der Waals surface area contributed by atoms with Crippen LogP contribution in [0.4, 0.5) is 5.69 Å². The lowest BCUT2D eigenvalue weighted by molar-refractivity contribution is 0.845. The molecule has 3 aromatic rings. The third-order valence-corrected chi connectivity index (χ3v) is 4.11. The Morgan fingerprint density at radius 1 is 1.04 bits per heavy atom. The van der Waals surface area contributed by atoms with Crippen molar-refractivity contribution in [2.45, 2.75) is 27.3 Å². The topological polar surface area (TPSA) is 29.3 Å². The Morgan fingerprint density at radius 3 is 2.50 bits per heavy atom.